The Bertz CT molecular complexity index is 1080. The highest BCUT2D eigenvalue weighted by Gasteiger charge is 2.21. The zero-order chi connectivity index (χ0) is 21.0. The van der Waals surface area contributed by atoms with E-state index in [9.17, 15) is 14.4 Å². The van der Waals surface area contributed by atoms with Crippen molar-refractivity contribution in [1.29, 1.82) is 5.26 Å². The fourth-order valence-corrected chi connectivity index (χ4v) is 3.85. The fraction of sp³-hybridized carbons (Fsp3) is 0.182. The molecule has 1 aromatic heterocycles. The van der Waals surface area contributed by atoms with Crippen LogP contribution in [0.3, 0.4) is 0 Å². The molecule has 148 valence electrons. The molecule has 0 aliphatic heterocycles. The van der Waals surface area contributed by atoms with Gasteiger partial charge in [-0.15, -0.1) is 11.8 Å². The van der Waals surface area contributed by atoms with Crippen molar-refractivity contribution in [3.05, 3.63) is 71.2 Å². The van der Waals surface area contributed by atoms with Crippen LogP contribution in [0.25, 0.3) is 5.69 Å². The standard InChI is InChI=1S/C22H20FN3O2S/c1-14-15(2)26(17-10-8-16(23)9-11-17)22(18(14)12-24)25-21(27)13-29-20-7-5-4-6-19(20)28-3/h4-11H,13H2,1-3H3,(H,25,27). The number of hydrogen-bond acceptors (Lipinski definition) is 4. The maximum absolute atomic E-state index is 13.3. The summed E-state index contributed by atoms with van der Waals surface area (Å²) in [6.45, 7) is 3.69. The largest absolute Gasteiger partial charge is 0.496 e. The minimum Gasteiger partial charge on any atom is -0.496 e. The van der Waals surface area contributed by atoms with Gasteiger partial charge in [0.05, 0.1) is 18.4 Å². The number of anilines is 1. The SMILES string of the molecule is COc1ccccc1SCC(=O)Nc1c(C#N)c(C)c(C)n1-c1ccc(F)cc1. The number of amides is 1. The molecule has 7 heteroatoms. The third-order valence-corrected chi connectivity index (χ3v) is 5.65. The number of aromatic nitrogens is 1. The molecule has 5 nitrogen and oxygen atoms in total. The molecule has 3 aromatic rings. The van der Waals surface area contributed by atoms with Crippen LogP contribution >= 0.6 is 11.8 Å². The Morgan fingerprint density at radius 2 is 1.90 bits per heavy atom. The number of hydrogen-bond donors (Lipinski definition) is 1. The molecule has 2 aromatic carbocycles. The van der Waals surface area contributed by atoms with E-state index in [0.717, 1.165) is 16.2 Å². The second-order valence-electron chi connectivity index (χ2n) is 6.35. The molecule has 1 amide bonds. The molecule has 0 aliphatic carbocycles. The van der Waals surface area contributed by atoms with Crippen LogP contribution < -0.4 is 10.1 Å². The van der Waals surface area contributed by atoms with Gasteiger partial charge in [0, 0.05) is 16.3 Å². The summed E-state index contributed by atoms with van der Waals surface area (Å²) >= 11 is 1.35. The number of nitriles is 1. The van der Waals surface area contributed by atoms with Gasteiger partial charge in [0.1, 0.15) is 23.5 Å². The van der Waals surface area contributed by atoms with Crippen LogP contribution in [0, 0.1) is 31.0 Å². The first-order chi connectivity index (χ1) is 14.0. The average molecular weight is 409 g/mol. The lowest BCUT2D eigenvalue weighted by Crippen LogP contribution is -2.17. The summed E-state index contributed by atoms with van der Waals surface area (Å²) in [5.74, 6) is 0.634. The highest BCUT2D eigenvalue weighted by molar-refractivity contribution is 8.00. The number of nitrogens with zero attached hydrogens (tertiary/aromatic N) is 2. The Hall–Kier alpha value is -3.24. The first-order valence-corrected chi connectivity index (χ1v) is 9.88. The molecule has 0 atom stereocenters. The number of nitrogens with one attached hydrogen (secondary N) is 1. The summed E-state index contributed by atoms with van der Waals surface area (Å²) in [5, 5.41) is 12.5. The molecule has 0 radical (unpaired) electrons. The van der Waals surface area contributed by atoms with Gasteiger partial charge in [-0.1, -0.05) is 12.1 Å². The molecule has 0 bridgehead atoms. The number of halogens is 1. The Kier molecular flexibility index (Phi) is 6.25. The second-order valence-corrected chi connectivity index (χ2v) is 7.36. The van der Waals surface area contributed by atoms with Crippen LogP contribution in [0.5, 0.6) is 5.75 Å². The van der Waals surface area contributed by atoms with Gasteiger partial charge in [0.15, 0.2) is 0 Å². The molecule has 3 rings (SSSR count). The molecular weight excluding hydrogens is 389 g/mol. The fourth-order valence-electron chi connectivity index (χ4n) is 3.02. The minimum absolute atomic E-state index is 0.151. The van der Waals surface area contributed by atoms with E-state index in [-0.39, 0.29) is 17.5 Å². The smallest absolute Gasteiger partial charge is 0.235 e. The van der Waals surface area contributed by atoms with Gasteiger partial charge in [0.2, 0.25) is 5.91 Å². The summed E-state index contributed by atoms with van der Waals surface area (Å²) in [6, 6.07) is 15.5. The molecule has 0 spiro atoms. The highest BCUT2D eigenvalue weighted by Crippen LogP contribution is 2.31. The normalized spacial score (nSPS) is 10.4. The van der Waals surface area contributed by atoms with Crippen LogP contribution in [-0.2, 0) is 4.79 Å². The van der Waals surface area contributed by atoms with E-state index < -0.39 is 0 Å². The maximum atomic E-state index is 13.3. The summed E-state index contributed by atoms with van der Waals surface area (Å²) < 4.78 is 20.4. The van der Waals surface area contributed by atoms with Crippen molar-refractivity contribution in [1.82, 2.24) is 4.57 Å². The van der Waals surface area contributed by atoms with Crippen molar-refractivity contribution in [2.75, 3.05) is 18.2 Å². The maximum Gasteiger partial charge on any atom is 0.235 e. The lowest BCUT2D eigenvalue weighted by Gasteiger charge is -2.13. The number of carbonyl (C=O) groups is 1. The van der Waals surface area contributed by atoms with Crippen LogP contribution in [0.2, 0.25) is 0 Å². The number of para-hydroxylation sites is 1. The minimum atomic E-state index is -0.352. The quantitative estimate of drug-likeness (QED) is 0.592. The van der Waals surface area contributed by atoms with Gasteiger partial charge >= 0.3 is 0 Å². The average Bonchev–Trinajstić information content (AvgIpc) is 2.96. The number of benzene rings is 2. The van der Waals surface area contributed by atoms with Crippen LogP contribution in [-0.4, -0.2) is 23.3 Å². The summed E-state index contributed by atoms with van der Waals surface area (Å²) in [6.07, 6.45) is 0. The second kappa shape index (κ2) is 8.84. The zero-order valence-electron chi connectivity index (χ0n) is 16.3. The molecule has 0 saturated heterocycles. The molecule has 0 unspecified atom stereocenters. The van der Waals surface area contributed by atoms with Crippen molar-refractivity contribution >= 4 is 23.5 Å². The van der Waals surface area contributed by atoms with Gasteiger partial charge in [-0.2, -0.15) is 5.26 Å². The predicted molar refractivity (Wildman–Crippen MR) is 112 cm³/mol. The van der Waals surface area contributed by atoms with Gasteiger partial charge < -0.3 is 10.1 Å². The number of rotatable bonds is 6. The van der Waals surface area contributed by atoms with E-state index in [1.807, 2.05) is 38.1 Å². The first-order valence-electron chi connectivity index (χ1n) is 8.89. The Labute approximate surface area is 173 Å². The van der Waals surface area contributed by atoms with E-state index in [1.165, 1.54) is 23.9 Å². The van der Waals surface area contributed by atoms with E-state index in [2.05, 4.69) is 11.4 Å². The molecule has 0 fully saturated rings. The number of methoxy groups -OCH3 is 1. The molecule has 0 saturated carbocycles. The highest BCUT2D eigenvalue weighted by atomic mass is 32.2. The van der Waals surface area contributed by atoms with Crippen molar-refractivity contribution < 1.29 is 13.9 Å². The Morgan fingerprint density at radius 1 is 1.21 bits per heavy atom. The van der Waals surface area contributed by atoms with Gasteiger partial charge in [-0.25, -0.2) is 4.39 Å². The lowest BCUT2D eigenvalue weighted by molar-refractivity contribution is -0.113. The number of carbonyl (C=O) groups excluding carboxylic acids is 1. The van der Waals surface area contributed by atoms with Crippen molar-refractivity contribution in [3.8, 4) is 17.5 Å². The molecule has 0 aliphatic rings. The van der Waals surface area contributed by atoms with Gasteiger partial charge in [-0.3, -0.25) is 9.36 Å². The molecule has 1 N–H and O–H groups in total. The topological polar surface area (TPSA) is 67.0 Å². The van der Waals surface area contributed by atoms with E-state index >= 15 is 0 Å². The number of ether oxygens (including phenoxy) is 1. The Morgan fingerprint density at radius 3 is 2.55 bits per heavy atom. The summed E-state index contributed by atoms with van der Waals surface area (Å²) in [4.78, 5) is 13.5. The van der Waals surface area contributed by atoms with E-state index in [1.54, 1.807) is 23.8 Å². The summed E-state index contributed by atoms with van der Waals surface area (Å²) in [7, 11) is 1.58. The monoisotopic (exact) mass is 409 g/mol. The lowest BCUT2D eigenvalue weighted by atomic mass is 10.2. The predicted octanol–water partition coefficient (Wildman–Crippen LogP) is 4.84. The van der Waals surface area contributed by atoms with E-state index in [0.29, 0.717) is 22.8 Å². The van der Waals surface area contributed by atoms with Gasteiger partial charge in [-0.05, 0) is 55.8 Å². The van der Waals surface area contributed by atoms with Crippen molar-refractivity contribution in [2.45, 2.75) is 18.7 Å². The van der Waals surface area contributed by atoms with Crippen LogP contribution in [0.15, 0.2) is 53.4 Å². The Balaban J connectivity index is 1.88. The van der Waals surface area contributed by atoms with Crippen LogP contribution in [0.1, 0.15) is 16.8 Å². The third-order valence-electron chi connectivity index (χ3n) is 4.60. The molecule has 29 heavy (non-hydrogen) atoms. The van der Waals surface area contributed by atoms with Crippen molar-refractivity contribution in [3.63, 3.8) is 0 Å². The molecule has 1 heterocycles. The number of thioether (sulfide) groups is 1. The first kappa shape index (κ1) is 20.5. The van der Waals surface area contributed by atoms with Crippen LogP contribution in [0.4, 0.5) is 10.2 Å². The van der Waals surface area contributed by atoms with E-state index in [4.69, 9.17) is 4.74 Å². The van der Waals surface area contributed by atoms with Gasteiger partial charge in [0.25, 0.3) is 0 Å². The summed E-state index contributed by atoms with van der Waals surface area (Å²) in [5.41, 5.74) is 2.63. The van der Waals surface area contributed by atoms with Crippen molar-refractivity contribution in [2.24, 2.45) is 0 Å². The third kappa shape index (κ3) is 4.28. The zero-order valence-corrected chi connectivity index (χ0v) is 17.1. The molecular formula is C22H20FN3O2S.